The van der Waals surface area contributed by atoms with Crippen LogP contribution in [-0.4, -0.2) is 43.3 Å². The number of fused-ring (bicyclic) bond motifs is 3. The molecule has 6 rings (SSSR count). The van der Waals surface area contributed by atoms with Crippen LogP contribution in [0.4, 0.5) is 23.5 Å². The Kier molecular flexibility index (Phi) is 5.69. The van der Waals surface area contributed by atoms with Gasteiger partial charge in [-0.2, -0.15) is 13.2 Å². The van der Waals surface area contributed by atoms with Crippen molar-refractivity contribution < 1.29 is 27.1 Å². The van der Waals surface area contributed by atoms with Gasteiger partial charge in [-0.25, -0.2) is 14.4 Å². The predicted octanol–water partition coefficient (Wildman–Crippen LogP) is 4.86. The van der Waals surface area contributed by atoms with Gasteiger partial charge in [-0.3, -0.25) is 14.2 Å². The van der Waals surface area contributed by atoms with Gasteiger partial charge < -0.3 is 15.0 Å². The van der Waals surface area contributed by atoms with Crippen molar-refractivity contribution in [3.05, 3.63) is 70.8 Å². The first kappa shape index (κ1) is 24.1. The fourth-order valence-corrected chi connectivity index (χ4v) is 5.05. The van der Waals surface area contributed by atoms with E-state index >= 15 is 0 Å². The molecule has 12 heteroatoms. The van der Waals surface area contributed by atoms with Crippen LogP contribution in [0.25, 0.3) is 16.6 Å². The first-order valence-electron chi connectivity index (χ1n) is 12.1. The zero-order valence-electron chi connectivity index (χ0n) is 20.3. The van der Waals surface area contributed by atoms with E-state index in [1.54, 1.807) is 17.4 Å². The van der Waals surface area contributed by atoms with Crippen molar-refractivity contribution in [3.8, 4) is 16.9 Å². The number of amides is 1. The highest BCUT2D eigenvalue weighted by Crippen LogP contribution is 2.37. The van der Waals surface area contributed by atoms with Crippen molar-refractivity contribution in [1.29, 1.82) is 0 Å². The minimum absolute atomic E-state index is 0.0325. The summed E-state index contributed by atoms with van der Waals surface area (Å²) in [5, 5.41) is 3.14. The van der Waals surface area contributed by atoms with E-state index in [9.17, 15) is 22.4 Å². The van der Waals surface area contributed by atoms with E-state index in [1.807, 2.05) is 0 Å². The Balaban J connectivity index is 1.46. The maximum Gasteiger partial charge on any atom is 0.433 e. The Hall–Kier alpha value is -4.22. The SMILES string of the molecule is CCN1Cc2cc(C(F)(F)F)ncc2-c2cnc(NCc3c(F)ccc4c3CCCO4)n3cnc(c23)C1=O. The topological polar surface area (TPSA) is 84.7 Å². The van der Waals surface area contributed by atoms with Gasteiger partial charge in [0.2, 0.25) is 5.95 Å². The number of nitrogens with one attached hydrogen (secondary N) is 1. The zero-order valence-corrected chi connectivity index (χ0v) is 20.3. The molecule has 0 aliphatic carbocycles. The third kappa shape index (κ3) is 3.91. The monoisotopic (exact) mass is 526 g/mol. The van der Waals surface area contributed by atoms with Gasteiger partial charge in [-0.15, -0.1) is 0 Å². The van der Waals surface area contributed by atoms with Gasteiger partial charge >= 0.3 is 6.18 Å². The number of anilines is 1. The molecule has 0 fully saturated rings. The average Bonchev–Trinajstić information content (AvgIpc) is 3.35. The third-order valence-corrected chi connectivity index (χ3v) is 6.95. The molecular weight excluding hydrogens is 504 g/mol. The molecule has 1 amide bonds. The van der Waals surface area contributed by atoms with E-state index < -0.39 is 17.8 Å². The minimum atomic E-state index is -4.63. The Bertz CT molecular complexity index is 1580. The van der Waals surface area contributed by atoms with E-state index in [1.165, 1.54) is 23.5 Å². The molecule has 0 atom stereocenters. The molecule has 0 radical (unpaired) electrons. The second-order valence-electron chi connectivity index (χ2n) is 9.16. The van der Waals surface area contributed by atoms with Crippen molar-refractivity contribution in [1.82, 2.24) is 24.3 Å². The molecule has 0 spiro atoms. The highest BCUT2D eigenvalue weighted by molar-refractivity contribution is 6.04. The van der Waals surface area contributed by atoms with Gasteiger partial charge in [0.15, 0.2) is 5.69 Å². The van der Waals surface area contributed by atoms with E-state index in [0.29, 0.717) is 52.5 Å². The lowest BCUT2D eigenvalue weighted by molar-refractivity contribution is -0.141. The first-order valence-corrected chi connectivity index (χ1v) is 12.1. The number of carbonyl (C=O) groups excluding carboxylic acids is 1. The van der Waals surface area contributed by atoms with Crippen molar-refractivity contribution in [2.75, 3.05) is 18.5 Å². The summed E-state index contributed by atoms with van der Waals surface area (Å²) in [6.07, 6.45) is 0.910. The van der Waals surface area contributed by atoms with Crippen LogP contribution in [0.15, 0.2) is 36.9 Å². The molecule has 38 heavy (non-hydrogen) atoms. The summed E-state index contributed by atoms with van der Waals surface area (Å²) in [6.45, 7) is 2.67. The highest BCUT2D eigenvalue weighted by atomic mass is 19.4. The van der Waals surface area contributed by atoms with E-state index in [4.69, 9.17) is 4.74 Å². The minimum Gasteiger partial charge on any atom is -0.493 e. The smallest absolute Gasteiger partial charge is 0.433 e. The van der Waals surface area contributed by atoms with Gasteiger partial charge in [-0.1, -0.05) is 0 Å². The number of halogens is 4. The predicted molar refractivity (Wildman–Crippen MR) is 129 cm³/mol. The Labute approximate surface area is 214 Å². The molecule has 4 aromatic rings. The molecule has 1 aromatic carbocycles. The number of rotatable bonds is 4. The summed E-state index contributed by atoms with van der Waals surface area (Å²) in [7, 11) is 0. The summed E-state index contributed by atoms with van der Waals surface area (Å²) >= 11 is 0. The number of pyridine rings is 1. The number of aromatic nitrogens is 4. The van der Waals surface area contributed by atoms with Crippen LogP contribution in [0.5, 0.6) is 5.75 Å². The van der Waals surface area contributed by atoms with Gasteiger partial charge in [0.25, 0.3) is 5.91 Å². The molecular formula is C26H22F4N6O2. The molecule has 1 N–H and O–H groups in total. The lowest BCUT2D eigenvalue weighted by Gasteiger charge is -2.25. The standard InChI is InChI=1S/C26H22F4N6O2/c1-2-35-12-14-8-21(26(28,29)30)31-9-16(14)18-11-33-25(36-13-34-22(23(18)36)24(35)37)32-10-17-15-4-3-7-38-20(15)6-5-19(17)27/h5-6,8-9,11,13H,2-4,7,10,12H2,1H3,(H,32,33). The normalized spacial score (nSPS) is 15.0. The number of hydrogen-bond acceptors (Lipinski definition) is 6. The second kappa shape index (κ2) is 8.96. The Morgan fingerprint density at radius 3 is 2.74 bits per heavy atom. The summed E-state index contributed by atoms with van der Waals surface area (Å²) in [5.74, 6) is 0.172. The third-order valence-electron chi connectivity index (χ3n) is 6.95. The average molecular weight is 526 g/mol. The fraction of sp³-hybridized carbons (Fsp3) is 0.308. The van der Waals surface area contributed by atoms with Crippen molar-refractivity contribution in [2.24, 2.45) is 0 Å². The summed E-state index contributed by atoms with van der Waals surface area (Å²) in [6, 6.07) is 3.96. The van der Waals surface area contributed by atoms with Crippen molar-refractivity contribution >= 4 is 17.4 Å². The highest BCUT2D eigenvalue weighted by Gasteiger charge is 2.35. The number of carbonyl (C=O) groups is 1. The van der Waals surface area contributed by atoms with Gasteiger partial charge in [0, 0.05) is 54.3 Å². The lowest BCUT2D eigenvalue weighted by atomic mass is 9.98. The molecule has 0 unspecified atom stereocenters. The van der Waals surface area contributed by atoms with Crippen molar-refractivity contribution in [3.63, 3.8) is 0 Å². The zero-order chi connectivity index (χ0) is 26.6. The van der Waals surface area contributed by atoms with Crippen LogP contribution in [0.1, 0.15) is 46.2 Å². The molecule has 5 heterocycles. The number of alkyl halides is 3. The molecule has 2 aliphatic heterocycles. The van der Waals surface area contributed by atoms with Gasteiger partial charge in [-0.05, 0) is 43.5 Å². The molecule has 0 bridgehead atoms. The second-order valence-corrected chi connectivity index (χ2v) is 9.16. The maximum atomic E-state index is 14.8. The quantitative estimate of drug-likeness (QED) is 0.383. The molecule has 2 aliphatic rings. The number of benzene rings is 1. The fourth-order valence-electron chi connectivity index (χ4n) is 5.05. The molecule has 8 nitrogen and oxygen atoms in total. The molecule has 196 valence electrons. The Morgan fingerprint density at radius 1 is 1.13 bits per heavy atom. The molecule has 0 saturated heterocycles. The van der Waals surface area contributed by atoms with Gasteiger partial charge in [0.05, 0.1) is 12.1 Å². The number of nitrogens with zero attached hydrogens (tertiary/aromatic N) is 5. The Morgan fingerprint density at radius 2 is 1.95 bits per heavy atom. The molecule has 0 saturated carbocycles. The van der Waals surface area contributed by atoms with Crippen LogP contribution in [0.3, 0.4) is 0 Å². The van der Waals surface area contributed by atoms with Crippen LogP contribution < -0.4 is 10.1 Å². The van der Waals surface area contributed by atoms with Crippen molar-refractivity contribution in [2.45, 2.75) is 39.0 Å². The number of hydrogen-bond donors (Lipinski definition) is 1. The first-order chi connectivity index (χ1) is 18.3. The van der Waals surface area contributed by atoms with Gasteiger partial charge in [0.1, 0.15) is 23.6 Å². The molecule has 3 aromatic heterocycles. The van der Waals surface area contributed by atoms with Crippen LogP contribution in [0, 0.1) is 5.82 Å². The largest absolute Gasteiger partial charge is 0.493 e. The summed E-state index contributed by atoms with van der Waals surface area (Å²) < 4.78 is 62.2. The van der Waals surface area contributed by atoms with Crippen LogP contribution in [-0.2, 0) is 25.7 Å². The van der Waals surface area contributed by atoms with E-state index in [2.05, 4.69) is 20.3 Å². The summed E-state index contributed by atoms with van der Waals surface area (Å²) in [4.78, 5) is 27.2. The van der Waals surface area contributed by atoms with E-state index in [-0.39, 0.29) is 31.1 Å². The van der Waals surface area contributed by atoms with Crippen LogP contribution in [0.2, 0.25) is 0 Å². The number of ether oxygens (including phenoxy) is 1. The van der Waals surface area contributed by atoms with Crippen LogP contribution >= 0.6 is 0 Å². The number of imidazole rings is 1. The summed E-state index contributed by atoms with van der Waals surface area (Å²) in [5.41, 5.74) is 1.92. The van der Waals surface area contributed by atoms with E-state index in [0.717, 1.165) is 24.2 Å². The lowest BCUT2D eigenvalue weighted by Crippen LogP contribution is -2.32. The maximum absolute atomic E-state index is 14.8.